The molecule has 1 fully saturated rings. The van der Waals surface area contributed by atoms with E-state index in [1.165, 1.54) is 0 Å². The van der Waals surface area contributed by atoms with Crippen LogP contribution in [0.15, 0.2) is 0 Å². The molecule has 3 nitrogen and oxygen atoms in total. The molecule has 0 spiro atoms. The Morgan fingerprint density at radius 1 is 1.58 bits per heavy atom. The Morgan fingerprint density at radius 2 is 2.17 bits per heavy atom. The van der Waals surface area contributed by atoms with Gasteiger partial charge in [0.2, 0.25) is 6.43 Å². The molecule has 0 saturated carbocycles. The van der Waals surface area contributed by atoms with Gasteiger partial charge in [-0.25, -0.2) is 13.6 Å². The average molecular weight is 188 g/mol. The third kappa shape index (κ3) is 1.59. The molecule has 0 bridgehead atoms. The summed E-state index contributed by atoms with van der Waals surface area (Å²) in [6.45, 7) is 0. The first kappa shape index (κ1) is 9.08. The highest BCUT2D eigenvalue weighted by Crippen LogP contribution is 2.34. The number of hydrogen-bond acceptors (Lipinski definition) is 3. The van der Waals surface area contributed by atoms with Crippen LogP contribution < -0.4 is 0 Å². The summed E-state index contributed by atoms with van der Waals surface area (Å²) < 4.78 is 55.4. The molecule has 7 heteroatoms. The van der Waals surface area contributed by atoms with Crippen molar-refractivity contribution in [3.05, 3.63) is 0 Å². The van der Waals surface area contributed by atoms with Gasteiger partial charge in [-0.15, -0.1) is 0 Å². The molecular formula is C5H4F4O3. The smallest absolute Gasteiger partial charge is 0.392 e. The molecule has 2 atom stereocenters. The lowest BCUT2D eigenvalue weighted by Crippen LogP contribution is -2.34. The predicted molar refractivity (Wildman–Crippen MR) is 26.9 cm³/mol. The molecule has 1 aliphatic rings. The van der Waals surface area contributed by atoms with E-state index in [9.17, 15) is 22.4 Å². The molecule has 0 aromatic heterocycles. The minimum Gasteiger partial charge on any atom is -0.392 e. The van der Waals surface area contributed by atoms with Crippen LogP contribution in [0.25, 0.3) is 0 Å². The fraction of sp³-hybridized carbons (Fsp3) is 0.800. The Kier molecular flexibility index (Phi) is 2.12. The number of ether oxygens (including phenoxy) is 2. The molecule has 0 aromatic carbocycles. The Morgan fingerprint density at radius 3 is 2.50 bits per heavy atom. The normalized spacial score (nSPS) is 35.1. The lowest BCUT2D eigenvalue weighted by Gasteiger charge is -2.15. The summed E-state index contributed by atoms with van der Waals surface area (Å²) in [6, 6.07) is 0. The molecule has 1 saturated heterocycles. The molecule has 1 heterocycles. The van der Waals surface area contributed by atoms with Crippen LogP contribution in [0.3, 0.4) is 0 Å². The van der Waals surface area contributed by atoms with Crippen molar-refractivity contribution in [1.29, 1.82) is 0 Å². The molecule has 0 amide bonds. The van der Waals surface area contributed by atoms with Gasteiger partial charge in [0.1, 0.15) is 0 Å². The van der Waals surface area contributed by atoms with Crippen molar-refractivity contribution in [2.24, 2.45) is 0 Å². The Hall–Kier alpha value is -1.01. The average Bonchev–Trinajstić information content (AvgIpc) is 2.04. The number of carbonyl (C=O) groups excluding carboxylic acids is 1. The van der Waals surface area contributed by atoms with Gasteiger partial charge in [0, 0.05) is 0 Å². The van der Waals surface area contributed by atoms with E-state index < -0.39 is 31.2 Å². The first-order valence-corrected chi connectivity index (χ1v) is 2.95. The molecule has 0 aliphatic carbocycles. The van der Waals surface area contributed by atoms with E-state index in [0.29, 0.717) is 0 Å². The van der Waals surface area contributed by atoms with E-state index in [-0.39, 0.29) is 0 Å². The van der Waals surface area contributed by atoms with Crippen molar-refractivity contribution in [3.63, 3.8) is 0 Å². The van der Waals surface area contributed by atoms with E-state index in [2.05, 4.69) is 9.47 Å². The molecule has 2 unspecified atom stereocenters. The highest BCUT2D eigenvalue weighted by Gasteiger charge is 2.54. The lowest BCUT2D eigenvalue weighted by molar-refractivity contribution is -0.162. The highest BCUT2D eigenvalue weighted by molar-refractivity contribution is 5.62. The minimum absolute atomic E-state index is 1.53. The van der Waals surface area contributed by atoms with Gasteiger partial charge in [-0.3, -0.25) is 0 Å². The first-order chi connectivity index (χ1) is 5.44. The topological polar surface area (TPSA) is 35.5 Å². The van der Waals surface area contributed by atoms with Crippen LogP contribution in [0.5, 0.6) is 0 Å². The van der Waals surface area contributed by atoms with E-state index in [4.69, 9.17) is 0 Å². The van der Waals surface area contributed by atoms with E-state index in [1.807, 2.05) is 0 Å². The van der Waals surface area contributed by atoms with Crippen LogP contribution in [0, 0.1) is 0 Å². The molecule has 70 valence electrons. The van der Waals surface area contributed by atoms with Crippen LogP contribution >= 0.6 is 0 Å². The van der Waals surface area contributed by atoms with E-state index in [1.54, 1.807) is 0 Å². The maximum atomic E-state index is 12.8. The maximum Gasteiger partial charge on any atom is 0.514 e. The first-order valence-electron chi connectivity index (χ1n) is 2.95. The van der Waals surface area contributed by atoms with Gasteiger partial charge < -0.3 is 9.47 Å². The van der Waals surface area contributed by atoms with Crippen molar-refractivity contribution in [3.8, 4) is 0 Å². The third-order valence-corrected chi connectivity index (χ3v) is 1.22. The molecule has 12 heavy (non-hydrogen) atoms. The fourth-order valence-electron chi connectivity index (χ4n) is 0.726. The molecule has 0 radical (unpaired) electrons. The van der Waals surface area contributed by atoms with Crippen molar-refractivity contribution >= 4 is 6.16 Å². The van der Waals surface area contributed by atoms with Gasteiger partial charge >= 0.3 is 18.4 Å². The lowest BCUT2D eigenvalue weighted by atomic mass is 10.2. The molecule has 0 aromatic rings. The number of cyclic esters (lactones) is 2. The SMILES string of the molecule is O=C1OC(F)C(F)(CC(F)F)O1. The number of hydrogen-bond donors (Lipinski definition) is 0. The van der Waals surface area contributed by atoms with Gasteiger partial charge in [-0.05, 0) is 0 Å². The number of carbonyl (C=O) groups is 1. The second kappa shape index (κ2) is 2.80. The summed E-state index contributed by atoms with van der Waals surface area (Å²) >= 11 is 0. The molecular weight excluding hydrogens is 184 g/mol. The molecule has 1 aliphatic heterocycles. The summed E-state index contributed by atoms with van der Waals surface area (Å²) in [5.74, 6) is -3.34. The van der Waals surface area contributed by atoms with Gasteiger partial charge in [-0.1, -0.05) is 0 Å². The van der Waals surface area contributed by atoms with Crippen molar-refractivity contribution in [1.82, 2.24) is 0 Å². The van der Waals surface area contributed by atoms with Gasteiger partial charge in [0.05, 0.1) is 6.42 Å². The van der Waals surface area contributed by atoms with Crippen LogP contribution in [0.1, 0.15) is 6.42 Å². The third-order valence-electron chi connectivity index (χ3n) is 1.22. The van der Waals surface area contributed by atoms with Gasteiger partial charge in [0.25, 0.3) is 0 Å². The summed E-state index contributed by atoms with van der Waals surface area (Å²) in [7, 11) is 0. The Labute approximate surface area is 64.2 Å². The van der Waals surface area contributed by atoms with Crippen LogP contribution in [-0.2, 0) is 9.47 Å². The summed E-state index contributed by atoms with van der Waals surface area (Å²) in [4.78, 5) is 10.1. The molecule has 0 N–H and O–H groups in total. The van der Waals surface area contributed by atoms with Crippen molar-refractivity contribution in [2.45, 2.75) is 25.1 Å². The zero-order valence-corrected chi connectivity index (χ0v) is 5.60. The summed E-state index contributed by atoms with van der Waals surface area (Å²) in [5.41, 5.74) is 0. The summed E-state index contributed by atoms with van der Waals surface area (Å²) in [6.07, 6.45) is -9.03. The largest absolute Gasteiger partial charge is 0.514 e. The zero-order chi connectivity index (χ0) is 9.35. The monoisotopic (exact) mass is 188 g/mol. The van der Waals surface area contributed by atoms with Gasteiger partial charge in [-0.2, -0.15) is 8.78 Å². The van der Waals surface area contributed by atoms with Crippen LogP contribution in [0.2, 0.25) is 0 Å². The predicted octanol–water partition coefficient (Wildman–Crippen LogP) is 1.77. The van der Waals surface area contributed by atoms with Crippen molar-refractivity contribution < 1.29 is 31.8 Å². The zero-order valence-electron chi connectivity index (χ0n) is 5.60. The standard InChI is InChI=1S/C5H4F4O3/c6-2(7)1-5(9)3(8)11-4(10)12-5/h2-3H,1H2. The minimum atomic E-state index is -3.34. The number of alkyl halides is 4. The number of rotatable bonds is 2. The second-order valence-corrected chi connectivity index (χ2v) is 2.17. The fourth-order valence-corrected chi connectivity index (χ4v) is 0.726. The Balaban J connectivity index is 2.64. The molecule has 1 rings (SSSR count). The number of halogens is 4. The van der Waals surface area contributed by atoms with Crippen LogP contribution in [-0.4, -0.2) is 24.8 Å². The highest BCUT2D eigenvalue weighted by atomic mass is 19.3. The van der Waals surface area contributed by atoms with Crippen LogP contribution in [0.4, 0.5) is 22.4 Å². The summed E-state index contributed by atoms with van der Waals surface area (Å²) in [5, 5.41) is 0. The second-order valence-electron chi connectivity index (χ2n) is 2.17. The maximum absolute atomic E-state index is 12.8. The Bertz CT molecular complexity index is 197. The van der Waals surface area contributed by atoms with Crippen molar-refractivity contribution in [2.75, 3.05) is 0 Å². The van der Waals surface area contributed by atoms with E-state index in [0.717, 1.165) is 0 Å². The van der Waals surface area contributed by atoms with Gasteiger partial charge in [0.15, 0.2) is 0 Å². The quantitative estimate of drug-likeness (QED) is 0.489. The van der Waals surface area contributed by atoms with E-state index >= 15 is 0 Å².